The van der Waals surface area contributed by atoms with Crippen LogP contribution in [0.25, 0.3) is 0 Å². The van der Waals surface area contributed by atoms with Crippen molar-refractivity contribution in [3.8, 4) is 6.07 Å². The van der Waals surface area contributed by atoms with Crippen LogP contribution in [-0.4, -0.2) is 25.3 Å². The second kappa shape index (κ2) is 4.86. The van der Waals surface area contributed by atoms with Crippen molar-refractivity contribution in [1.29, 1.82) is 5.26 Å². The highest BCUT2D eigenvalue weighted by molar-refractivity contribution is 5.50. The maximum atomic E-state index is 8.85. The smallest absolute Gasteiger partial charge is 0.0991 e. The molecule has 0 aliphatic carbocycles. The number of piperidine rings is 1. The summed E-state index contributed by atoms with van der Waals surface area (Å²) in [6, 6.07) is 10.1. The topological polar surface area (TPSA) is 36.3 Å². The summed E-state index contributed by atoms with van der Waals surface area (Å²) in [6.45, 7) is 5.26. The SMILES string of the molecule is CC1COC2(CCCN(c3ccc(C#N)cc3)C2)C1. The monoisotopic (exact) mass is 256 g/mol. The van der Waals surface area contributed by atoms with Crippen molar-refractivity contribution < 1.29 is 4.74 Å². The fourth-order valence-corrected chi connectivity index (χ4v) is 3.42. The maximum absolute atomic E-state index is 8.85. The van der Waals surface area contributed by atoms with E-state index in [9.17, 15) is 0 Å². The van der Waals surface area contributed by atoms with E-state index in [1.54, 1.807) is 0 Å². The average molecular weight is 256 g/mol. The molecule has 2 aliphatic rings. The molecule has 3 heteroatoms. The molecule has 2 atom stereocenters. The van der Waals surface area contributed by atoms with Gasteiger partial charge in [0.25, 0.3) is 0 Å². The Bertz CT molecular complexity index is 486. The van der Waals surface area contributed by atoms with Crippen LogP contribution < -0.4 is 4.90 Å². The lowest BCUT2D eigenvalue weighted by molar-refractivity contribution is -0.00685. The van der Waals surface area contributed by atoms with E-state index in [1.807, 2.05) is 12.1 Å². The summed E-state index contributed by atoms with van der Waals surface area (Å²) < 4.78 is 6.10. The molecular weight excluding hydrogens is 236 g/mol. The van der Waals surface area contributed by atoms with Crippen molar-refractivity contribution in [2.45, 2.75) is 31.8 Å². The maximum Gasteiger partial charge on any atom is 0.0991 e. The molecule has 19 heavy (non-hydrogen) atoms. The van der Waals surface area contributed by atoms with Gasteiger partial charge in [-0.15, -0.1) is 0 Å². The summed E-state index contributed by atoms with van der Waals surface area (Å²) in [5, 5.41) is 8.85. The van der Waals surface area contributed by atoms with Gasteiger partial charge in [-0.2, -0.15) is 5.26 Å². The number of nitriles is 1. The molecule has 3 nitrogen and oxygen atoms in total. The van der Waals surface area contributed by atoms with Crippen molar-refractivity contribution in [2.75, 3.05) is 24.6 Å². The third-order valence-corrected chi connectivity index (χ3v) is 4.30. The van der Waals surface area contributed by atoms with Gasteiger partial charge in [-0.1, -0.05) is 6.92 Å². The molecule has 2 unspecified atom stereocenters. The highest BCUT2D eigenvalue weighted by atomic mass is 16.5. The predicted molar refractivity (Wildman–Crippen MR) is 75.1 cm³/mol. The van der Waals surface area contributed by atoms with Crippen molar-refractivity contribution in [1.82, 2.24) is 0 Å². The van der Waals surface area contributed by atoms with Gasteiger partial charge >= 0.3 is 0 Å². The molecule has 100 valence electrons. The van der Waals surface area contributed by atoms with Crippen LogP contribution in [-0.2, 0) is 4.74 Å². The summed E-state index contributed by atoms with van der Waals surface area (Å²) >= 11 is 0. The Morgan fingerprint density at radius 3 is 2.79 bits per heavy atom. The van der Waals surface area contributed by atoms with Gasteiger partial charge in [0.15, 0.2) is 0 Å². The second-order valence-corrected chi connectivity index (χ2v) is 5.99. The van der Waals surface area contributed by atoms with E-state index in [2.05, 4.69) is 30.0 Å². The molecule has 2 heterocycles. The van der Waals surface area contributed by atoms with Crippen molar-refractivity contribution in [3.05, 3.63) is 29.8 Å². The molecule has 2 saturated heterocycles. The van der Waals surface area contributed by atoms with E-state index in [1.165, 1.54) is 24.9 Å². The largest absolute Gasteiger partial charge is 0.373 e. The number of rotatable bonds is 1. The molecule has 3 rings (SSSR count). The standard InChI is InChI=1S/C16H20N2O/c1-13-9-16(19-11-13)7-2-8-18(12-16)15-5-3-14(10-17)4-6-15/h3-6,13H,2,7-9,11-12H2,1H3. The van der Waals surface area contributed by atoms with Gasteiger partial charge in [0.2, 0.25) is 0 Å². The number of ether oxygens (including phenoxy) is 1. The molecule has 1 spiro atoms. The third kappa shape index (κ3) is 2.46. The Balaban J connectivity index is 1.76. The molecule has 1 aromatic carbocycles. The van der Waals surface area contributed by atoms with Crippen molar-refractivity contribution in [3.63, 3.8) is 0 Å². The first-order valence-electron chi connectivity index (χ1n) is 7.10. The van der Waals surface area contributed by atoms with Gasteiger partial charge in [0.1, 0.15) is 0 Å². The van der Waals surface area contributed by atoms with Crippen LogP contribution in [0.1, 0.15) is 31.7 Å². The van der Waals surface area contributed by atoms with Crippen LogP contribution in [0.4, 0.5) is 5.69 Å². The number of anilines is 1. The first-order chi connectivity index (χ1) is 9.21. The molecule has 0 saturated carbocycles. The Labute approximate surface area is 114 Å². The lowest BCUT2D eigenvalue weighted by Crippen LogP contribution is -2.48. The molecule has 2 fully saturated rings. The zero-order valence-corrected chi connectivity index (χ0v) is 11.4. The van der Waals surface area contributed by atoms with Gasteiger partial charge in [0.05, 0.1) is 23.8 Å². The zero-order valence-electron chi connectivity index (χ0n) is 11.4. The van der Waals surface area contributed by atoms with Gasteiger partial charge < -0.3 is 9.64 Å². The summed E-state index contributed by atoms with van der Waals surface area (Å²) in [5.41, 5.74) is 2.01. The summed E-state index contributed by atoms with van der Waals surface area (Å²) in [6.07, 6.45) is 3.55. The molecule has 0 N–H and O–H groups in total. The molecule has 1 aromatic rings. The Morgan fingerprint density at radius 1 is 1.37 bits per heavy atom. The predicted octanol–water partition coefficient (Wildman–Crippen LogP) is 2.95. The van der Waals surface area contributed by atoms with Gasteiger partial charge in [-0.05, 0) is 49.4 Å². The first-order valence-corrected chi connectivity index (χ1v) is 7.10. The Hall–Kier alpha value is -1.53. The lowest BCUT2D eigenvalue weighted by atomic mass is 9.87. The third-order valence-electron chi connectivity index (χ3n) is 4.30. The van der Waals surface area contributed by atoms with Crippen molar-refractivity contribution >= 4 is 5.69 Å². The molecule has 0 bridgehead atoms. The minimum absolute atomic E-state index is 0.0750. The Morgan fingerprint density at radius 2 is 2.16 bits per heavy atom. The van der Waals surface area contributed by atoms with Gasteiger partial charge in [-0.25, -0.2) is 0 Å². The van der Waals surface area contributed by atoms with Crippen LogP contribution in [0.5, 0.6) is 0 Å². The van der Waals surface area contributed by atoms with Gasteiger partial charge in [-0.3, -0.25) is 0 Å². The van der Waals surface area contributed by atoms with Crippen LogP contribution in [0.15, 0.2) is 24.3 Å². The summed E-state index contributed by atoms with van der Waals surface area (Å²) in [5.74, 6) is 0.681. The number of nitrogens with zero attached hydrogens (tertiary/aromatic N) is 2. The normalized spacial score (nSPS) is 30.5. The molecular formula is C16H20N2O. The Kier molecular flexibility index (Phi) is 3.20. The molecule has 0 radical (unpaired) electrons. The van der Waals surface area contributed by atoms with Crippen LogP contribution in [0.3, 0.4) is 0 Å². The summed E-state index contributed by atoms with van der Waals surface area (Å²) in [4.78, 5) is 2.41. The van der Waals surface area contributed by atoms with Crippen molar-refractivity contribution in [2.24, 2.45) is 5.92 Å². The zero-order chi connectivity index (χ0) is 13.3. The summed E-state index contributed by atoms with van der Waals surface area (Å²) in [7, 11) is 0. The van der Waals surface area contributed by atoms with Gasteiger partial charge in [0, 0.05) is 18.8 Å². The average Bonchev–Trinajstić information content (AvgIpc) is 2.79. The second-order valence-electron chi connectivity index (χ2n) is 5.99. The first kappa shape index (κ1) is 12.5. The minimum Gasteiger partial charge on any atom is -0.373 e. The van der Waals surface area contributed by atoms with E-state index in [-0.39, 0.29) is 5.60 Å². The molecule has 0 aromatic heterocycles. The quantitative estimate of drug-likeness (QED) is 0.775. The number of hydrogen-bond acceptors (Lipinski definition) is 3. The fourth-order valence-electron chi connectivity index (χ4n) is 3.42. The number of hydrogen-bond donors (Lipinski definition) is 0. The van der Waals surface area contributed by atoms with E-state index < -0.39 is 0 Å². The fraction of sp³-hybridized carbons (Fsp3) is 0.562. The van der Waals surface area contributed by atoms with E-state index in [0.717, 1.165) is 25.3 Å². The van der Waals surface area contributed by atoms with E-state index >= 15 is 0 Å². The van der Waals surface area contributed by atoms with Crippen LogP contribution in [0.2, 0.25) is 0 Å². The number of benzene rings is 1. The van der Waals surface area contributed by atoms with E-state index in [0.29, 0.717) is 5.92 Å². The van der Waals surface area contributed by atoms with Crippen LogP contribution in [0, 0.1) is 17.2 Å². The highest BCUT2D eigenvalue weighted by Gasteiger charge is 2.42. The van der Waals surface area contributed by atoms with Crippen LogP contribution >= 0.6 is 0 Å². The molecule has 0 amide bonds. The highest BCUT2D eigenvalue weighted by Crippen LogP contribution is 2.38. The molecule has 2 aliphatic heterocycles. The lowest BCUT2D eigenvalue weighted by Gasteiger charge is -2.41. The van der Waals surface area contributed by atoms with E-state index in [4.69, 9.17) is 10.00 Å². The minimum atomic E-state index is 0.0750.